The lowest BCUT2D eigenvalue weighted by molar-refractivity contribution is -0.138. The number of benzene rings is 1. The monoisotopic (exact) mass is 252 g/mol. The van der Waals surface area contributed by atoms with Gasteiger partial charge in [0, 0.05) is 24.7 Å². The number of urea groups is 1. The summed E-state index contributed by atoms with van der Waals surface area (Å²) in [5.41, 5.74) is 0.433. The van der Waals surface area contributed by atoms with Crippen molar-refractivity contribution in [2.24, 2.45) is 5.92 Å². The SMILES string of the molecule is O=C(O)CC1CNC(=O)N(c2cccc(F)c2)C1. The topological polar surface area (TPSA) is 69.6 Å². The van der Waals surface area contributed by atoms with Crippen molar-refractivity contribution < 1.29 is 19.1 Å². The first-order chi connectivity index (χ1) is 8.56. The molecule has 0 aromatic heterocycles. The minimum atomic E-state index is -0.907. The van der Waals surface area contributed by atoms with Crippen LogP contribution in [0.1, 0.15) is 6.42 Å². The highest BCUT2D eigenvalue weighted by atomic mass is 19.1. The lowest BCUT2D eigenvalue weighted by Crippen LogP contribution is -2.51. The molecule has 2 rings (SSSR count). The third-order valence-corrected chi connectivity index (χ3v) is 2.81. The second-order valence-electron chi connectivity index (χ2n) is 4.24. The number of hydrogen-bond donors (Lipinski definition) is 2. The molecule has 6 heteroatoms. The van der Waals surface area contributed by atoms with E-state index in [1.165, 1.54) is 23.1 Å². The fourth-order valence-electron chi connectivity index (χ4n) is 1.98. The summed E-state index contributed by atoms with van der Waals surface area (Å²) >= 11 is 0. The van der Waals surface area contributed by atoms with E-state index < -0.39 is 11.8 Å². The number of aliphatic carboxylic acids is 1. The van der Waals surface area contributed by atoms with Gasteiger partial charge in [0.05, 0.1) is 6.42 Å². The van der Waals surface area contributed by atoms with Gasteiger partial charge in [-0.2, -0.15) is 0 Å². The highest BCUT2D eigenvalue weighted by Gasteiger charge is 2.27. The van der Waals surface area contributed by atoms with Crippen LogP contribution < -0.4 is 10.2 Å². The van der Waals surface area contributed by atoms with E-state index in [1.54, 1.807) is 6.07 Å². The lowest BCUT2D eigenvalue weighted by atomic mass is 10.0. The number of nitrogens with one attached hydrogen (secondary N) is 1. The van der Waals surface area contributed by atoms with Gasteiger partial charge in [0.15, 0.2) is 0 Å². The smallest absolute Gasteiger partial charge is 0.321 e. The molecule has 1 fully saturated rings. The van der Waals surface area contributed by atoms with Gasteiger partial charge in [-0.1, -0.05) is 6.07 Å². The van der Waals surface area contributed by atoms with Crippen LogP contribution in [-0.2, 0) is 4.79 Å². The minimum Gasteiger partial charge on any atom is -0.481 e. The van der Waals surface area contributed by atoms with Crippen LogP contribution in [0.15, 0.2) is 24.3 Å². The van der Waals surface area contributed by atoms with E-state index in [9.17, 15) is 14.0 Å². The Morgan fingerprint density at radius 3 is 3.00 bits per heavy atom. The van der Waals surface area contributed by atoms with Crippen molar-refractivity contribution in [3.05, 3.63) is 30.1 Å². The molecular formula is C12H13FN2O3. The van der Waals surface area contributed by atoms with Crippen molar-refractivity contribution in [3.8, 4) is 0 Å². The second kappa shape index (κ2) is 5.03. The van der Waals surface area contributed by atoms with Crippen LogP contribution in [-0.4, -0.2) is 30.2 Å². The first kappa shape index (κ1) is 12.3. The van der Waals surface area contributed by atoms with Crippen LogP contribution in [0, 0.1) is 11.7 Å². The largest absolute Gasteiger partial charge is 0.481 e. The van der Waals surface area contributed by atoms with Gasteiger partial charge in [-0.15, -0.1) is 0 Å². The molecule has 0 radical (unpaired) electrons. The van der Waals surface area contributed by atoms with Crippen molar-refractivity contribution in [1.29, 1.82) is 0 Å². The number of carbonyl (C=O) groups excluding carboxylic acids is 1. The van der Waals surface area contributed by atoms with Crippen LogP contribution in [0.5, 0.6) is 0 Å². The van der Waals surface area contributed by atoms with Crippen LogP contribution in [0.25, 0.3) is 0 Å². The Labute approximate surface area is 103 Å². The molecule has 1 aromatic carbocycles. The summed E-state index contributed by atoms with van der Waals surface area (Å²) in [4.78, 5) is 23.7. The van der Waals surface area contributed by atoms with Crippen LogP contribution in [0.4, 0.5) is 14.9 Å². The van der Waals surface area contributed by atoms with E-state index >= 15 is 0 Å². The zero-order valence-corrected chi connectivity index (χ0v) is 9.60. The Kier molecular flexibility index (Phi) is 3.45. The fourth-order valence-corrected chi connectivity index (χ4v) is 1.98. The normalized spacial score (nSPS) is 19.5. The Morgan fingerprint density at radius 1 is 1.56 bits per heavy atom. The van der Waals surface area contributed by atoms with E-state index in [0.29, 0.717) is 12.2 Å². The van der Waals surface area contributed by atoms with Crippen molar-refractivity contribution in [3.63, 3.8) is 0 Å². The van der Waals surface area contributed by atoms with Gasteiger partial charge in [0.2, 0.25) is 0 Å². The molecule has 18 heavy (non-hydrogen) atoms. The number of hydrogen-bond acceptors (Lipinski definition) is 2. The molecule has 96 valence electrons. The summed E-state index contributed by atoms with van der Waals surface area (Å²) in [5.74, 6) is -1.51. The molecule has 1 aliphatic heterocycles. The molecule has 0 saturated carbocycles. The number of rotatable bonds is 3. The van der Waals surface area contributed by atoms with E-state index in [1.807, 2.05) is 0 Å². The zero-order valence-electron chi connectivity index (χ0n) is 9.60. The molecule has 1 heterocycles. The molecule has 0 spiro atoms. The number of nitrogens with zero attached hydrogens (tertiary/aromatic N) is 1. The first-order valence-corrected chi connectivity index (χ1v) is 5.59. The molecule has 2 amide bonds. The molecule has 1 saturated heterocycles. The molecule has 1 aromatic rings. The highest BCUT2D eigenvalue weighted by Crippen LogP contribution is 2.20. The third-order valence-electron chi connectivity index (χ3n) is 2.81. The van der Waals surface area contributed by atoms with Gasteiger partial charge in [-0.25, -0.2) is 9.18 Å². The minimum absolute atomic E-state index is 0.0217. The summed E-state index contributed by atoms with van der Waals surface area (Å²) in [6, 6.07) is 5.34. The highest BCUT2D eigenvalue weighted by molar-refractivity contribution is 5.92. The summed E-state index contributed by atoms with van der Waals surface area (Å²) < 4.78 is 13.1. The summed E-state index contributed by atoms with van der Waals surface area (Å²) in [6.45, 7) is 0.610. The lowest BCUT2D eigenvalue weighted by Gasteiger charge is -2.32. The molecule has 5 nitrogen and oxygen atoms in total. The van der Waals surface area contributed by atoms with E-state index in [4.69, 9.17) is 5.11 Å². The van der Waals surface area contributed by atoms with Crippen molar-refractivity contribution >= 4 is 17.7 Å². The van der Waals surface area contributed by atoms with Gasteiger partial charge >= 0.3 is 12.0 Å². The Hall–Kier alpha value is -2.11. The summed E-state index contributed by atoms with van der Waals surface area (Å²) in [5, 5.41) is 11.3. The van der Waals surface area contributed by atoms with Gasteiger partial charge in [-0.05, 0) is 18.2 Å². The molecule has 1 aliphatic rings. The number of carboxylic acids is 1. The van der Waals surface area contributed by atoms with E-state index in [0.717, 1.165) is 0 Å². The van der Waals surface area contributed by atoms with Crippen LogP contribution in [0.3, 0.4) is 0 Å². The predicted molar refractivity (Wildman–Crippen MR) is 62.9 cm³/mol. The average molecular weight is 252 g/mol. The molecule has 0 aliphatic carbocycles. The third kappa shape index (κ3) is 2.77. The van der Waals surface area contributed by atoms with Crippen LogP contribution in [0.2, 0.25) is 0 Å². The number of anilines is 1. The number of amides is 2. The molecule has 1 unspecified atom stereocenters. The van der Waals surface area contributed by atoms with Gasteiger partial charge < -0.3 is 10.4 Å². The van der Waals surface area contributed by atoms with E-state index in [-0.39, 0.29) is 24.9 Å². The van der Waals surface area contributed by atoms with Crippen molar-refractivity contribution in [1.82, 2.24) is 5.32 Å². The molecule has 2 N–H and O–H groups in total. The quantitative estimate of drug-likeness (QED) is 0.855. The number of halogens is 1. The van der Waals surface area contributed by atoms with Crippen molar-refractivity contribution in [2.75, 3.05) is 18.0 Å². The maximum atomic E-state index is 13.1. The maximum Gasteiger partial charge on any atom is 0.321 e. The number of carboxylic acid groups (broad SMARTS) is 1. The maximum absolute atomic E-state index is 13.1. The Bertz CT molecular complexity index is 478. The zero-order chi connectivity index (χ0) is 13.1. The molecule has 1 atom stereocenters. The molecular weight excluding hydrogens is 239 g/mol. The van der Waals surface area contributed by atoms with Crippen LogP contribution >= 0.6 is 0 Å². The molecule has 0 bridgehead atoms. The summed E-state index contributed by atoms with van der Waals surface area (Å²) in [6.07, 6.45) is -0.0217. The van der Waals surface area contributed by atoms with Crippen molar-refractivity contribution in [2.45, 2.75) is 6.42 Å². The Balaban J connectivity index is 2.15. The van der Waals surface area contributed by atoms with E-state index in [2.05, 4.69) is 5.32 Å². The van der Waals surface area contributed by atoms with Gasteiger partial charge in [0.1, 0.15) is 5.82 Å². The summed E-state index contributed by atoms with van der Waals surface area (Å²) in [7, 11) is 0. The first-order valence-electron chi connectivity index (χ1n) is 5.59. The average Bonchev–Trinajstić information content (AvgIpc) is 2.31. The van der Waals surface area contributed by atoms with Gasteiger partial charge in [0.25, 0.3) is 0 Å². The Morgan fingerprint density at radius 2 is 2.33 bits per heavy atom. The fraction of sp³-hybridized carbons (Fsp3) is 0.333. The number of carbonyl (C=O) groups is 2. The predicted octanol–water partition coefficient (Wildman–Crippen LogP) is 1.45. The second-order valence-corrected chi connectivity index (χ2v) is 4.24. The standard InChI is InChI=1S/C12H13FN2O3/c13-9-2-1-3-10(5-9)15-7-8(4-11(16)17)6-14-12(15)18/h1-3,5,8H,4,6-7H2,(H,14,18)(H,16,17). The van der Waals surface area contributed by atoms with Gasteiger partial charge in [-0.3, -0.25) is 9.69 Å².